The Hall–Kier alpha value is -1.41. The van der Waals surface area contributed by atoms with Gasteiger partial charge in [-0.2, -0.15) is 0 Å². The number of halogens is 1. The third kappa shape index (κ3) is 5.30. The Morgan fingerprint density at radius 2 is 2.00 bits per heavy atom. The molecule has 1 aromatic carbocycles. The molecule has 140 valence electrons. The molecule has 2 heterocycles. The number of rotatable bonds is 7. The normalized spacial score (nSPS) is 14.7. The van der Waals surface area contributed by atoms with E-state index >= 15 is 0 Å². The highest BCUT2D eigenvalue weighted by molar-refractivity contribution is 9.10. The lowest BCUT2D eigenvalue weighted by atomic mass is 10.2. The van der Waals surface area contributed by atoms with Crippen LogP contribution in [0.2, 0.25) is 0 Å². The van der Waals surface area contributed by atoms with Crippen LogP contribution in [0.4, 0.5) is 11.4 Å². The number of likely N-dealkylation sites (N-methyl/N-ethyl adjacent to an activating group) is 1. The highest BCUT2D eigenvalue weighted by atomic mass is 79.9. The number of hydrogen-bond donors (Lipinski definition) is 1. The van der Waals surface area contributed by atoms with E-state index in [1.807, 2.05) is 18.2 Å². The van der Waals surface area contributed by atoms with E-state index in [-0.39, 0.29) is 5.91 Å². The predicted molar refractivity (Wildman–Crippen MR) is 111 cm³/mol. The Bertz CT molecular complexity index is 714. The van der Waals surface area contributed by atoms with Crippen LogP contribution >= 0.6 is 27.3 Å². The van der Waals surface area contributed by atoms with Crippen molar-refractivity contribution in [2.75, 3.05) is 49.6 Å². The van der Waals surface area contributed by atoms with Crippen molar-refractivity contribution < 1.29 is 9.53 Å². The molecule has 0 bridgehead atoms. The summed E-state index contributed by atoms with van der Waals surface area (Å²) in [6.07, 6.45) is 0. The van der Waals surface area contributed by atoms with E-state index in [4.69, 9.17) is 4.74 Å². The molecule has 1 saturated heterocycles. The number of carbonyl (C=O) groups is 1. The number of hydrogen-bond acceptors (Lipinski definition) is 5. The molecule has 0 saturated carbocycles. The number of benzene rings is 1. The zero-order valence-corrected chi connectivity index (χ0v) is 17.3. The summed E-state index contributed by atoms with van der Waals surface area (Å²) in [5.74, 6) is 0.0126. The standard InChI is InChI=1S/C19H24BrN3O2S/c1-2-22(13-18-17(20)7-12-26-18)14-19(24)21-15-3-5-16(6-4-15)23-8-10-25-11-9-23/h3-7,12H,2,8-11,13-14H2,1H3,(H,21,24). The largest absolute Gasteiger partial charge is 0.378 e. The minimum Gasteiger partial charge on any atom is -0.378 e. The molecule has 1 aliphatic heterocycles. The fourth-order valence-electron chi connectivity index (χ4n) is 2.90. The van der Waals surface area contributed by atoms with E-state index < -0.39 is 0 Å². The number of nitrogens with zero attached hydrogens (tertiary/aromatic N) is 2. The minimum absolute atomic E-state index is 0.0126. The van der Waals surface area contributed by atoms with Gasteiger partial charge in [-0.25, -0.2) is 0 Å². The summed E-state index contributed by atoms with van der Waals surface area (Å²) >= 11 is 5.26. The molecule has 0 spiro atoms. The van der Waals surface area contributed by atoms with Crippen LogP contribution in [0, 0.1) is 0 Å². The fourth-order valence-corrected chi connectivity index (χ4v) is 4.42. The molecule has 0 radical (unpaired) electrons. The van der Waals surface area contributed by atoms with Gasteiger partial charge in [-0.3, -0.25) is 9.69 Å². The smallest absolute Gasteiger partial charge is 0.238 e. The lowest BCUT2D eigenvalue weighted by Crippen LogP contribution is -2.36. The SMILES string of the molecule is CCN(CC(=O)Nc1ccc(N2CCOCC2)cc1)Cc1sccc1Br. The summed E-state index contributed by atoms with van der Waals surface area (Å²) in [6.45, 7) is 7.42. The van der Waals surface area contributed by atoms with Gasteiger partial charge in [0, 0.05) is 40.4 Å². The average Bonchev–Trinajstić information content (AvgIpc) is 3.07. The maximum atomic E-state index is 12.4. The van der Waals surface area contributed by atoms with E-state index in [0.29, 0.717) is 6.54 Å². The Balaban J connectivity index is 1.52. The van der Waals surface area contributed by atoms with Crippen molar-refractivity contribution in [2.45, 2.75) is 13.5 Å². The molecular formula is C19H24BrN3O2S. The van der Waals surface area contributed by atoms with Gasteiger partial charge < -0.3 is 15.0 Å². The summed E-state index contributed by atoms with van der Waals surface area (Å²) in [6, 6.07) is 10.1. The van der Waals surface area contributed by atoms with Crippen LogP contribution in [-0.2, 0) is 16.1 Å². The third-order valence-corrected chi connectivity index (χ3v) is 6.31. The van der Waals surface area contributed by atoms with Gasteiger partial charge >= 0.3 is 0 Å². The van der Waals surface area contributed by atoms with E-state index in [0.717, 1.165) is 49.6 Å². The number of anilines is 2. The summed E-state index contributed by atoms with van der Waals surface area (Å²) in [5, 5.41) is 5.06. The van der Waals surface area contributed by atoms with Crippen LogP contribution in [0.3, 0.4) is 0 Å². The minimum atomic E-state index is 0.0126. The van der Waals surface area contributed by atoms with Gasteiger partial charge in [0.1, 0.15) is 0 Å². The number of nitrogens with one attached hydrogen (secondary N) is 1. The first kappa shape index (κ1) is 19.4. The average molecular weight is 438 g/mol. The molecule has 3 rings (SSSR count). The molecule has 0 unspecified atom stereocenters. The van der Waals surface area contributed by atoms with Gasteiger partial charge in [-0.15, -0.1) is 11.3 Å². The van der Waals surface area contributed by atoms with Gasteiger partial charge in [0.05, 0.1) is 19.8 Å². The first-order valence-electron chi connectivity index (χ1n) is 8.82. The van der Waals surface area contributed by atoms with Gasteiger partial charge in [0.15, 0.2) is 0 Å². The van der Waals surface area contributed by atoms with Crippen molar-refractivity contribution in [3.8, 4) is 0 Å². The Morgan fingerprint density at radius 1 is 1.27 bits per heavy atom. The van der Waals surface area contributed by atoms with Crippen LogP contribution < -0.4 is 10.2 Å². The maximum absolute atomic E-state index is 12.4. The molecule has 1 N–H and O–H groups in total. The van der Waals surface area contributed by atoms with E-state index in [2.05, 4.69) is 55.5 Å². The second-order valence-corrected chi connectivity index (χ2v) is 8.04. The summed E-state index contributed by atoms with van der Waals surface area (Å²) in [7, 11) is 0. The van der Waals surface area contributed by atoms with Crippen molar-refractivity contribution in [3.05, 3.63) is 45.1 Å². The van der Waals surface area contributed by atoms with Crippen LogP contribution in [0.5, 0.6) is 0 Å². The molecule has 0 atom stereocenters. The zero-order valence-electron chi connectivity index (χ0n) is 14.9. The molecule has 1 amide bonds. The van der Waals surface area contributed by atoms with Crippen LogP contribution in [0.1, 0.15) is 11.8 Å². The first-order valence-corrected chi connectivity index (χ1v) is 10.5. The van der Waals surface area contributed by atoms with Gasteiger partial charge in [0.2, 0.25) is 5.91 Å². The molecule has 2 aromatic rings. The predicted octanol–water partition coefficient (Wildman–Crippen LogP) is 3.81. The van der Waals surface area contributed by atoms with E-state index in [1.165, 1.54) is 10.6 Å². The van der Waals surface area contributed by atoms with Crippen molar-refractivity contribution in [1.82, 2.24) is 4.90 Å². The van der Waals surface area contributed by atoms with Crippen LogP contribution in [-0.4, -0.2) is 50.2 Å². The van der Waals surface area contributed by atoms with Crippen molar-refractivity contribution in [3.63, 3.8) is 0 Å². The molecular weight excluding hydrogens is 414 g/mol. The van der Waals surface area contributed by atoms with Crippen LogP contribution in [0.15, 0.2) is 40.2 Å². The lowest BCUT2D eigenvalue weighted by Gasteiger charge is -2.29. The Labute approximate surface area is 167 Å². The molecule has 1 aliphatic rings. The summed E-state index contributed by atoms with van der Waals surface area (Å²) in [4.78, 5) is 18.1. The number of amides is 1. The Morgan fingerprint density at radius 3 is 2.62 bits per heavy atom. The fraction of sp³-hybridized carbons (Fsp3) is 0.421. The maximum Gasteiger partial charge on any atom is 0.238 e. The molecule has 7 heteroatoms. The molecule has 0 aliphatic carbocycles. The van der Waals surface area contributed by atoms with Crippen molar-refractivity contribution in [1.29, 1.82) is 0 Å². The number of ether oxygens (including phenoxy) is 1. The van der Waals surface area contributed by atoms with Gasteiger partial charge in [-0.05, 0) is 58.2 Å². The molecule has 1 aromatic heterocycles. The number of thiophene rings is 1. The number of morpholine rings is 1. The van der Waals surface area contributed by atoms with Crippen molar-refractivity contribution in [2.24, 2.45) is 0 Å². The van der Waals surface area contributed by atoms with E-state index in [1.54, 1.807) is 11.3 Å². The summed E-state index contributed by atoms with van der Waals surface area (Å²) in [5.41, 5.74) is 2.00. The highest BCUT2D eigenvalue weighted by Gasteiger charge is 2.14. The second-order valence-electron chi connectivity index (χ2n) is 6.19. The summed E-state index contributed by atoms with van der Waals surface area (Å²) < 4.78 is 6.50. The van der Waals surface area contributed by atoms with Crippen molar-refractivity contribution >= 4 is 44.5 Å². The Kier molecular flexibility index (Phi) is 7.07. The van der Waals surface area contributed by atoms with Gasteiger partial charge in [-0.1, -0.05) is 6.92 Å². The number of carbonyl (C=O) groups excluding carboxylic acids is 1. The first-order chi connectivity index (χ1) is 12.7. The lowest BCUT2D eigenvalue weighted by molar-refractivity contribution is -0.117. The molecule has 5 nitrogen and oxygen atoms in total. The monoisotopic (exact) mass is 437 g/mol. The quantitative estimate of drug-likeness (QED) is 0.714. The molecule has 1 fully saturated rings. The molecule has 26 heavy (non-hydrogen) atoms. The third-order valence-electron chi connectivity index (χ3n) is 4.40. The van der Waals surface area contributed by atoms with E-state index in [9.17, 15) is 4.79 Å². The highest BCUT2D eigenvalue weighted by Crippen LogP contribution is 2.24. The van der Waals surface area contributed by atoms with Crippen LogP contribution in [0.25, 0.3) is 0 Å². The second kappa shape index (κ2) is 9.50. The topological polar surface area (TPSA) is 44.8 Å². The zero-order chi connectivity index (χ0) is 18.4. The van der Waals surface area contributed by atoms with Gasteiger partial charge in [0.25, 0.3) is 0 Å².